The first-order valence-corrected chi connectivity index (χ1v) is 5.10. The highest BCUT2D eigenvalue weighted by Crippen LogP contribution is 2.34. The first-order valence-electron chi connectivity index (χ1n) is 4.31. The van der Waals surface area contributed by atoms with Crippen molar-refractivity contribution in [1.29, 1.82) is 0 Å². The van der Waals surface area contributed by atoms with E-state index in [1.54, 1.807) is 0 Å². The van der Waals surface area contributed by atoms with Crippen molar-refractivity contribution in [3.8, 4) is 0 Å². The van der Waals surface area contributed by atoms with Crippen LogP contribution in [-0.2, 0) is 0 Å². The summed E-state index contributed by atoms with van der Waals surface area (Å²) in [4.78, 5) is 2.45. The quantitative estimate of drug-likeness (QED) is 0.700. The van der Waals surface area contributed by atoms with E-state index in [9.17, 15) is 0 Å². The van der Waals surface area contributed by atoms with Gasteiger partial charge in [-0.1, -0.05) is 35.0 Å². The molecule has 64 valence electrons. The minimum absolute atomic E-state index is 0.697. The van der Waals surface area contributed by atoms with Gasteiger partial charge in [-0.2, -0.15) is 0 Å². The third-order valence-electron chi connectivity index (χ3n) is 2.38. The SMILES string of the molecule is CCN1CC1c1ccc(Br)cc1. The normalized spacial score (nSPS) is 27.2. The van der Waals surface area contributed by atoms with Crippen LogP contribution in [-0.4, -0.2) is 18.0 Å². The number of hydrogen-bond donors (Lipinski definition) is 0. The molecule has 0 saturated carbocycles. The molecule has 2 rings (SSSR count). The van der Waals surface area contributed by atoms with E-state index in [-0.39, 0.29) is 0 Å². The predicted octanol–water partition coefficient (Wildman–Crippen LogP) is 2.83. The second kappa shape index (κ2) is 3.19. The van der Waals surface area contributed by atoms with Crippen molar-refractivity contribution in [2.24, 2.45) is 0 Å². The van der Waals surface area contributed by atoms with E-state index in [0.717, 1.165) is 4.47 Å². The zero-order chi connectivity index (χ0) is 8.55. The topological polar surface area (TPSA) is 3.01 Å². The van der Waals surface area contributed by atoms with Crippen LogP contribution in [0.3, 0.4) is 0 Å². The lowest BCUT2D eigenvalue weighted by atomic mass is 10.2. The molecule has 1 nitrogen and oxygen atoms in total. The van der Waals surface area contributed by atoms with Crippen molar-refractivity contribution in [2.75, 3.05) is 13.1 Å². The number of nitrogens with zero attached hydrogens (tertiary/aromatic N) is 1. The maximum Gasteiger partial charge on any atom is 0.0476 e. The molecule has 1 saturated heterocycles. The molecular formula is C10H12BrN. The van der Waals surface area contributed by atoms with Gasteiger partial charge in [0.1, 0.15) is 0 Å². The molecule has 12 heavy (non-hydrogen) atoms. The van der Waals surface area contributed by atoms with Gasteiger partial charge in [-0.3, -0.25) is 4.90 Å². The van der Waals surface area contributed by atoms with Crippen molar-refractivity contribution in [3.63, 3.8) is 0 Å². The summed E-state index contributed by atoms with van der Waals surface area (Å²) in [6, 6.07) is 9.32. The van der Waals surface area contributed by atoms with Gasteiger partial charge in [0.25, 0.3) is 0 Å². The first kappa shape index (κ1) is 8.27. The molecule has 2 heteroatoms. The molecule has 2 unspecified atom stereocenters. The Balaban J connectivity index is 2.10. The molecule has 1 aliphatic rings. The predicted molar refractivity (Wildman–Crippen MR) is 54.1 cm³/mol. The molecule has 0 aliphatic carbocycles. The standard InChI is InChI=1S/C10H12BrN/c1-2-12-7-10(12)8-3-5-9(11)6-4-8/h3-6,10H,2,7H2,1H3. The van der Waals surface area contributed by atoms with Gasteiger partial charge in [0.15, 0.2) is 0 Å². The Morgan fingerprint density at radius 2 is 2.08 bits per heavy atom. The Bertz CT molecular complexity index is 268. The highest BCUT2D eigenvalue weighted by Gasteiger charge is 2.33. The smallest absolute Gasteiger partial charge is 0.0476 e. The maximum absolute atomic E-state index is 3.43. The van der Waals surface area contributed by atoms with E-state index in [0.29, 0.717) is 6.04 Å². The average Bonchev–Trinajstić information content (AvgIpc) is 2.85. The molecular weight excluding hydrogens is 214 g/mol. The maximum atomic E-state index is 3.43. The van der Waals surface area contributed by atoms with E-state index in [1.165, 1.54) is 18.7 Å². The fourth-order valence-corrected chi connectivity index (χ4v) is 1.79. The van der Waals surface area contributed by atoms with E-state index >= 15 is 0 Å². The average molecular weight is 226 g/mol. The summed E-state index contributed by atoms with van der Waals surface area (Å²) in [6.45, 7) is 4.61. The number of benzene rings is 1. The molecule has 0 spiro atoms. The molecule has 2 atom stereocenters. The van der Waals surface area contributed by atoms with Gasteiger partial charge in [-0.15, -0.1) is 0 Å². The van der Waals surface area contributed by atoms with Crippen LogP contribution >= 0.6 is 15.9 Å². The zero-order valence-electron chi connectivity index (χ0n) is 7.13. The molecule has 0 radical (unpaired) electrons. The second-order valence-corrected chi connectivity index (χ2v) is 4.07. The van der Waals surface area contributed by atoms with E-state index in [2.05, 4.69) is 52.0 Å². The molecule has 0 N–H and O–H groups in total. The Morgan fingerprint density at radius 3 is 2.58 bits per heavy atom. The largest absolute Gasteiger partial charge is 0.293 e. The fourth-order valence-electron chi connectivity index (χ4n) is 1.53. The minimum atomic E-state index is 0.697. The van der Waals surface area contributed by atoms with E-state index in [1.807, 2.05) is 0 Å². The molecule has 1 aromatic rings. The molecule has 0 amide bonds. The van der Waals surface area contributed by atoms with Crippen molar-refractivity contribution in [2.45, 2.75) is 13.0 Å². The van der Waals surface area contributed by atoms with E-state index < -0.39 is 0 Å². The Morgan fingerprint density at radius 1 is 1.42 bits per heavy atom. The van der Waals surface area contributed by atoms with Gasteiger partial charge in [0.2, 0.25) is 0 Å². The summed E-state index contributed by atoms with van der Waals surface area (Å²) in [7, 11) is 0. The van der Waals surface area contributed by atoms with Crippen molar-refractivity contribution < 1.29 is 0 Å². The summed E-state index contributed by atoms with van der Waals surface area (Å²) < 4.78 is 1.16. The van der Waals surface area contributed by atoms with E-state index in [4.69, 9.17) is 0 Å². The van der Waals surface area contributed by atoms with Crippen LogP contribution in [0.2, 0.25) is 0 Å². The van der Waals surface area contributed by atoms with Crippen LogP contribution in [0.5, 0.6) is 0 Å². The Hall–Kier alpha value is -0.340. The molecule has 0 bridgehead atoms. The number of rotatable bonds is 2. The lowest BCUT2D eigenvalue weighted by Gasteiger charge is -1.99. The van der Waals surface area contributed by atoms with Crippen molar-refractivity contribution in [3.05, 3.63) is 34.3 Å². The van der Waals surface area contributed by atoms with Crippen LogP contribution in [0, 0.1) is 0 Å². The number of hydrogen-bond acceptors (Lipinski definition) is 1. The summed E-state index contributed by atoms with van der Waals surface area (Å²) in [5.41, 5.74) is 1.44. The molecule has 1 aliphatic heterocycles. The Labute approximate surface area is 81.5 Å². The summed E-state index contributed by atoms with van der Waals surface area (Å²) in [5.74, 6) is 0. The lowest BCUT2D eigenvalue weighted by molar-refractivity contribution is 0.544. The highest BCUT2D eigenvalue weighted by atomic mass is 79.9. The minimum Gasteiger partial charge on any atom is -0.293 e. The lowest BCUT2D eigenvalue weighted by Crippen LogP contribution is -1.94. The third kappa shape index (κ3) is 1.54. The van der Waals surface area contributed by atoms with Gasteiger partial charge in [-0.05, 0) is 24.2 Å². The van der Waals surface area contributed by atoms with Crippen LogP contribution in [0.1, 0.15) is 18.5 Å². The summed E-state index contributed by atoms with van der Waals surface area (Å²) >= 11 is 3.43. The second-order valence-electron chi connectivity index (χ2n) is 3.15. The third-order valence-corrected chi connectivity index (χ3v) is 2.90. The fraction of sp³-hybridized carbons (Fsp3) is 0.400. The van der Waals surface area contributed by atoms with Crippen LogP contribution < -0.4 is 0 Å². The van der Waals surface area contributed by atoms with Crippen LogP contribution in [0.15, 0.2) is 28.7 Å². The first-order chi connectivity index (χ1) is 5.81. The van der Waals surface area contributed by atoms with Crippen molar-refractivity contribution in [1.82, 2.24) is 4.90 Å². The van der Waals surface area contributed by atoms with Gasteiger partial charge in [-0.25, -0.2) is 0 Å². The van der Waals surface area contributed by atoms with Gasteiger partial charge in [0, 0.05) is 17.1 Å². The van der Waals surface area contributed by atoms with Crippen LogP contribution in [0.25, 0.3) is 0 Å². The molecule has 1 heterocycles. The van der Waals surface area contributed by atoms with Gasteiger partial charge < -0.3 is 0 Å². The highest BCUT2D eigenvalue weighted by molar-refractivity contribution is 9.10. The number of halogens is 1. The molecule has 0 aromatic heterocycles. The summed E-state index contributed by atoms with van der Waals surface area (Å²) in [6.07, 6.45) is 0. The zero-order valence-corrected chi connectivity index (χ0v) is 8.71. The van der Waals surface area contributed by atoms with Gasteiger partial charge >= 0.3 is 0 Å². The monoisotopic (exact) mass is 225 g/mol. The van der Waals surface area contributed by atoms with Crippen LogP contribution in [0.4, 0.5) is 0 Å². The van der Waals surface area contributed by atoms with Crippen molar-refractivity contribution >= 4 is 15.9 Å². The Kier molecular flexibility index (Phi) is 2.20. The number of likely N-dealkylation sites (N-methyl/N-ethyl adjacent to an activating group) is 1. The molecule has 1 fully saturated rings. The summed E-state index contributed by atoms with van der Waals surface area (Å²) in [5, 5.41) is 0. The van der Waals surface area contributed by atoms with Gasteiger partial charge in [0.05, 0.1) is 0 Å². The molecule has 1 aromatic carbocycles.